The molecule has 0 aromatic rings. The van der Waals surface area contributed by atoms with E-state index in [4.69, 9.17) is 4.74 Å². The van der Waals surface area contributed by atoms with Crippen molar-refractivity contribution < 1.29 is 14.3 Å². The van der Waals surface area contributed by atoms with Gasteiger partial charge in [-0.2, -0.15) is 0 Å². The topological polar surface area (TPSA) is 53.1 Å². The molecule has 2 fully saturated rings. The fourth-order valence-corrected chi connectivity index (χ4v) is 3.39. The molecule has 126 valence electrons. The number of nitrogens with zero attached hydrogens (tertiary/aromatic N) is 3. The lowest BCUT2D eigenvalue weighted by Crippen LogP contribution is -2.51. The van der Waals surface area contributed by atoms with Gasteiger partial charge in [0.25, 0.3) is 0 Å². The number of hydrogen-bond acceptors (Lipinski definition) is 4. The summed E-state index contributed by atoms with van der Waals surface area (Å²) in [5.74, 6) is 0.871. The van der Waals surface area contributed by atoms with Crippen molar-refractivity contribution in [3.63, 3.8) is 0 Å². The Bertz CT molecular complexity index is 375. The van der Waals surface area contributed by atoms with E-state index >= 15 is 0 Å². The van der Waals surface area contributed by atoms with Crippen molar-refractivity contribution in [3.8, 4) is 0 Å². The van der Waals surface area contributed by atoms with E-state index in [0.717, 1.165) is 19.6 Å². The number of amides is 2. The molecule has 6 heteroatoms. The molecule has 1 saturated carbocycles. The van der Waals surface area contributed by atoms with Crippen molar-refractivity contribution in [2.75, 3.05) is 53.4 Å². The highest BCUT2D eigenvalue weighted by Crippen LogP contribution is 2.24. The second-order valence-electron chi connectivity index (χ2n) is 6.51. The van der Waals surface area contributed by atoms with Crippen LogP contribution < -0.4 is 0 Å². The Morgan fingerprint density at radius 3 is 2.32 bits per heavy atom. The molecule has 0 aromatic carbocycles. The van der Waals surface area contributed by atoms with Gasteiger partial charge in [-0.15, -0.1) is 0 Å². The van der Waals surface area contributed by atoms with Crippen LogP contribution in [0.5, 0.6) is 0 Å². The van der Waals surface area contributed by atoms with Crippen LogP contribution >= 0.6 is 0 Å². The van der Waals surface area contributed by atoms with E-state index in [9.17, 15) is 9.59 Å². The summed E-state index contributed by atoms with van der Waals surface area (Å²) in [5, 5.41) is 0. The lowest BCUT2D eigenvalue weighted by atomic mass is 9.89. The lowest BCUT2D eigenvalue weighted by molar-refractivity contribution is -0.132. The van der Waals surface area contributed by atoms with E-state index in [-0.39, 0.29) is 12.0 Å². The first-order chi connectivity index (χ1) is 10.6. The number of carbonyl (C=O) groups is 2. The van der Waals surface area contributed by atoms with Crippen LogP contribution in [0.3, 0.4) is 0 Å². The second-order valence-corrected chi connectivity index (χ2v) is 6.51. The van der Waals surface area contributed by atoms with Crippen LogP contribution in [0.4, 0.5) is 4.79 Å². The molecule has 0 aromatic heterocycles. The maximum Gasteiger partial charge on any atom is 0.409 e. The number of piperazine rings is 1. The summed E-state index contributed by atoms with van der Waals surface area (Å²) in [6.45, 7) is 4.08. The number of likely N-dealkylation sites (N-methyl/N-ethyl adjacent to an activating group) is 1. The van der Waals surface area contributed by atoms with Gasteiger partial charge in [-0.25, -0.2) is 4.79 Å². The third-order valence-corrected chi connectivity index (χ3v) is 4.85. The van der Waals surface area contributed by atoms with E-state index < -0.39 is 0 Å². The average Bonchev–Trinajstić information content (AvgIpc) is 2.55. The molecule has 1 aliphatic heterocycles. The van der Waals surface area contributed by atoms with Crippen LogP contribution in [0.2, 0.25) is 0 Å². The van der Waals surface area contributed by atoms with Crippen molar-refractivity contribution in [2.24, 2.45) is 5.92 Å². The quantitative estimate of drug-likeness (QED) is 0.788. The number of methoxy groups -OCH3 is 1. The van der Waals surface area contributed by atoms with Gasteiger partial charge in [0, 0.05) is 39.8 Å². The molecule has 0 N–H and O–H groups in total. The maximum atomic E-state index is 12.3. The Balaban J connectivity index is 1.69. The molecule has 0 spiro atoms. The summed E-state index contributed by atoms with van der Waals surface area (Å²) < 4.78 is 4.72. The largest absolute Gasteiger partial charge is 0.453 e. The smallest absolute Gasteiger partial charge is 0.409 e. The van der Waals surface area contributed by atoms with Crippen LogP contribution in [-0.2, 0) is 9.53 Å². The van der Waals surface area contributed by atoms with Gasteiger partial charge in [-0.3, -0.25) is 9.69 Å². The predicted molar refractivity (Wildman–Crippen MR) is 84.6 cm³/mol. The zero-order valence-electron chi connectivity index (χ0n) is 13.9. The summed E-state index contributed by atoms with van der Waals surface area (Å²) in [7, 11) is 3.32. The Morgan fingerprint density at radius 1 is 1.09 bits per heavy atom. The molecule has 2 rings (SSSR count). The summed E-state index contributed by atoms with van der Waals surface area (Å²) in [4.78, 5) is 29.5. The highest BCUT2D eigenvalue weighted by Gasteiger charge is 2.24. The van der Waals surface area contributed by atoms with E-state index in [0.29, 0.717) is 25.6 Å². The van der Waals surface area contributed by atoms with Crippen LogP contribution in [-0.4, -0.2) is 80.1 Å². The van der Waals surface area contributed by atoms with Gasteiger partial charge in [0.1, 0.15) is 0 Å². The SMILES string of the molecule is COC(=O)N1CCN(CC(=O)N(C)CC2CCCCC2)CC1. The van der Waals surface area contributed by atoms with E-state index in [2.05, 4.69) is 4.90 Å². The van der Waals surface area contributed by atoms with E-state index in [1.807, 2.05) is 11.9 Å². The molecule has 0 bridgehead atoms. The first kappa shape index (κ1) is 17.1. The van der Waals surface area contributed by atoms with E-state index in [1.54, 1.807) is 4.90 Å². The lowest BCUT2D eigenvalue weighted by Gasteiger charge is -2.34. The first-order valence-electron chi connectivity index (χ1n) is 8.39. The minimum absolute atomic E-state index is 0.192. The minimum atomic E-state index is -0.277. The molecule has 2 aliphatic rings. The molecule has 1 saturated heterocycles. The average molecular weight is 311 g/mol. The second kappa shape index (κ2) is 8.36. The Labute approximate surface area is 133 Å². The van der Waals surface area contributed by atoms with E-state index in [1.165, 1.54) is 39.2 Å². The molecule has 1 heterocycles. The van der Waals surface area contributed by atoms with Gasteiger partial charge in [0.15, 0.2) is 0 Å². The highest BCUT2D eigenvalue weighted by molar-refractivity contribution is 5.78. The molecule has 0 radical (unpaired) electrons. The molecular formula is C16H29N3O3. The van der Waals surface area contributed by atoms with Gasteiger partial charge < -0.3 is 14.5 Å². The zero-order valence-corrected chi connectivity index (χ0v) is 13.9. The highest BCUT2D eigenvalue weighted by atomic mass is 16.5. The molecular weight excluding hydrogens is 282 g/mol. The summed E-state index contributed by atoms with van der Waals surface area (Å²) >= 11 is 0. The number of ether oxygens (including phenoxy) is 1. The zero-order chi connectivity index (χ0) is 15.9. The van der Waals surface area contributed by atoms with Crippen molar-refractivity contribution in [3.05, 3.63) is 0 Å². The van der Waals surface area contributed by atoms with Crippen molar-refractivity contribution in [1.82, 2.24) is 14.7 Å². The summed E-state index contributed by atoms with van der Waals surface area (Å²) in [5.41, 5.74) is 0. The predicted octanol–water partition coefficient (Wildman–Crippen LogP) is 1.41. The third kappa shape index (κ3) is 4.87. The molecule has 0 unspecified atom stereocenters. The van der Waals surface area contributed by atoms with Gasteiger partial charge in [-0.1, -0.05) is 19.3 Å². The van der Waals surface area contributed by atoms with Gasteiger partial charge in [-0.05, 0) is 18.8 Å². The fraction of sp³-hybridized carbons (Fsp3) is 0.875. The van der Waals surface area contributed by atoms with Gasteiger partial charge in [0.2, 0.25) is 5.91 Å². The standard InChI is InChI=1S/C16H29N3O3/c1-17(12-14-6-4-3-5-7-14)15(20)13-18-8-10-19(11-9-18)16(21)22-2/h14H,3-13H2,1-2H3. The van der Waals surface area contributed by atoms with Crippen LogP contribution in [0.15, 0.2) is 0 Å². The van der Waals surface area contributed by atoms with Gasteiger partial charge >= 0.3 is 6.09 Å². The van der Waals surface area contributed by atoms with Crippen molar-refractivity contribution >= 4 is 12.0 Å². The molecule has 22 heavy (non-hydrogen) atoms. The van der Waals surface area contributed by atoms with Crippen LogP contribution in [0.25, 0.3) is 0 Å². The number of hydrogen-bond donors (Lipinski definition) is 0. The molecule has 1 aliphatic carbocycles. The summed E-state index contributed by atoms with van der Waals surface area (Å²) in [6.07, 6.45) is 6.20. The maximum absolute atomic E-state index is 12.3. The Hall–Kier alpha value is -1.30. The minimum Gasteiger partial charge on any atom is -0.453 e. The fourth-order valence-electron chi connectivity index (χ4n) is 3.39. The monoisotopic (exact) mass is 311 g/mol. The Morgan fingerprint density at radius 2 is 1.73 bits per heavy atom. The summed E-state index contributed by atoms with van der Waals surface area (Å²) in [6, 6.07) is 0. The first-order valence-corrected chi connectivity index (χ1v) is 8.39. The van der Waals surface area contributed by atoms with Crippen LogP contribution in [0, 0.1) is 5.92 Å². The number of carbonyl (C=O) groups excluding carboxylic acids is 2. The number of rotatable bonds is 4. The Kier molecular flexibility index (Phi) is 6.49. The van der Waals surface area contributed by atoms with Crippen LogP contribution in [0.1, 0.15) is 32.1 Å². The molecule has 0 atom stereocenters. The van der Waals surface area contributed by atoms with Crippen molar-refractivity contribution in [1.29, 1.82) is 0 Å². The molecule has 6 nitrogen and oxygen atoms in total. The van der Waals surface area contributed by atoms with Gasteiger partial charge in [0.05, 0.1) is 13.7 Å². The third-order valence-electron chi connectivity index (χ3n) is 4.85. The normalized spacial score (nSPS) is 20.7. The van der Waals surface area contributed by atoms with Crippen molar-refractivity contribution in [2.45, 2.75) is 32.1 Å². The molecule has 2 amide bonds.